The molecule has 2 aromatic rings. The van der Waals surface area contributed by atoms with Gasteiger partial charge in [0.2, 0.25) is 0 Å². The topological polar surface area (TPSA) is 71.3 Å². The summed E-state index contributed by atoms with van der Waals surface area (Å²) >= 11 is 1.18. The Kier molecular flexibility index (Phi) is 2.92. The van der Waals surface area contributed by atoms with Gasteiger partial charge in [0.15, 0.2) is 0 Å². The zero-order valence-corrected chi connectivity index (χ0v) is 11.7. The maximum Gasteiger partial charge on any atom is 0.307 e. The van der Waals surface area contributed by atoms with E-state index in [0.29, 0.717) is 18.0 Å². The number of rotatable bonds is 2. The van der Waals surface area contributed by atoms with Crippen molar-refractivity contribution in [2.24, 2.45) is 10.1 Å². The van der Waals surface area contributed by atoms with Crippen molar-refractivity contribution in [1.82, 2.24) is 5.01 Å². The first kappa shape index (κ1) is 12.5. The van der Waals surface area contributed by atoms with Crippen molar-refractivity contribution in [1.29, 1.82) is 0 Å². The van der Waals surface area contributed by atoms with E-state index in [-0.39, 0.29) is 11.3 Å². The molecule has 0 saturated carbocycles. The Labute approximate surface area is 124 Å². The second-order valence-corrected chi connectivity index (χ2v) is 5.61. The summed E-state index contributed by atoms with van der Waals surface area (Å²) in [7, 11) is 0. The maximum atomic E-state index is 11.4. The third kappa shape index (κ3) is 2.19. The van der Waals surface area contributed by atoms with Crippen LogP contribution >= 0.6 is 11.8 Å². The first-order valence-corrected chi connectivity index (χ1v) is 7.48. The van der Waals surface area contributed by atoms with Gasteiger partial charge in [0, 0.05) is 6.42 Å². The van der Waals surface area contributed by atoms with Crippen LogP contribution in [0, 0.1) is 0 Å². The summed E-state index contributed by atoms with van der Waals surface area (Å²) < 4.78 is 10.9. The molecule has 6 nitrogen and oxygen atoms in total. The number of furan rings is 2. The second-order valence-electron chi connectivity index (χ2n) is 4.69. The van der Waals surface area contributed by atoms with Crippen LogP contribution in [0.3, 0.4) is 0 Å². The van der Waals surface area contributed by atoms with Crippen LogP contribution in [-0.2, 0) is 0 Å². The minimum Gasteiger partial charge on any atom is -0.467 e. The van der Waals surface area contributed by atoms with Gasteiger partial charge in [-0.25, -0.2) is 5.01 Å². The fourth-order valence-electron chi connectivity index (χ4n) is 2.46. The molecule has 7 heteroatoms. The fraction of sp³-hybridized carbons (Fsp3) is 0.214. The monoisotopic (exact) mass is 301 g/mol. The van der Waals surface area contributed by atoms with Crippen molar-refractivity contribution in [2.45, 2.75) is 12.5 Å². The highest BCUT2D eigenvalue weighted by Crippen LogP contribution is 2.35. The van der Waals surface area contributed by atoms with E-state index in [4.69, 9.17) is 8.83 Å². The molecule has 0 radical (unpaired) electrons. The molecule has 0 aromatic carbocycles. The Hall–Kier alpha value is -2.28. The van der Waals surface area contributed by atoms with Crippen molar-refractivity contribution >= 4 is 28.5 Å². The van der Waals surface area contributed by atoms with Crippen LogP contribution in [0.25, 0.3) is 0 Å². The van der Waals surface area contributed by atoms with E-state index < -0.39 is 0 Å². The summed E-state index contributed by atoms with van der Waals surface area (Å²) in [6.07, 6.45) is 3.91. The number of aliphatic imine (C=N–C) groups is 1. The average molecular weight is 301 g/mol. The lowest BCUT2D eigenvalue weighted by Crippen LogP contribution is -2.27. The van der Waals surface area contributed by atoms with Crippen LogP contribution in [0.4, 0.5) is 4.79 Å². The molecule has 1 amide bonds. The molecule has 0 aliphatic carbocycles. The normalized spacial score (nSPS) is 21.8. The Morgan fingerprint density at radius 1 is 1.24 bits per heavy atom. The fourth-order valence-corrected chi connectivity index (χ4v) is 3.08. The van der Waals surface area contributed by atoms with Gasteiger partial charge < -0.3 is 8.83 Å². The molecule has 106 valence electrons. The Bertz CT molecular complexity index is 719. The number of nitrogens with zero attached hydrogens (tertiary/aromatic N) is 3. The molecule has 0 spiro atoms. The quantitative estimate of drug-likeness (QED) is 0.851. The summed E-state index contributed by atoms with van der Waals surface area (Å²) in [5.74, 6) is 2.72. The smallest absolute Gasteiger partial charge is 0.307 e. The summed E-state index contributed by atoms with van der Waals surface area (Å²) in [5, 5.41) is 6.18. The SMILES string of the molecule is O=C1N=C(N2N=C(c3ccco3)C[C@@H]2c2ccco2)CS1. The lowest BCUT2D eigenvalue weighted by atomic mass is 10.1. The van der Waals surface area contributed by atoms with Gasteiger partial charge in [-0.2, -0.15) is 10.1 Å². The number of carbonyl (C=O) groups excluding carboxylic acids is 1. The molecular weight excluding hydrogens is 290 g/mol. The van der Waals surface area contributed by atoms with Gasteiger partial charge in [-0.1, -0.05) is 11.8 Å². The van der Waals surface area contributed by atoms with Crippen molar-refractivity contribution < 1.29 is 13.6 Å². The summed E-state index contributed by atoms with van der Waals surface area (Å²) in [6, 6.07) is 7.36. The zero-order valence-electron chi connectivity index (χ0n) is 10.9. The number of carbonyl (C=O) groups is 1. The van der Waals surface area contributed by atoms with Crippen molar-refractivity contribution in [3.8, 4) is 0 Å². The number of thioether (sulfide) groups is 1. The summed E-state index contributed by atoms with van der Waals surface area (Å²) in [4.78, 5) is 15.4. The van der Waals surface area contributed by atoms with Crippen molar-refractivity contribution in [2.75, 3.05) is 5.75 Å². The van der Waals surface area contributed by atoms with Gasteiger partial charge >= 0.3 is 5.24 Å². The molecule has 2 aliphatic rings. The van der Waals surface area contributed by atoms with E-state index in [1.165, 1.54) is 11.8 Å². The number of hydrazone groups is 1. The minimum absolute atomic E-state index is 0.0923. The molecule has 21 heavy (non-hydrogen) atoms. The lowest BCUT2D eigenvalue weighted by molar-refractivity contribution is 0.267. The van der Waals surface area contributed by atoms with E-state index in [1.54, 1.807) is 17.5 Å². The van der Waals surface area contributed by atoms with Gasteiger partial charge in [-0.15, -0.1) is 0 Å². The summed E-state index contributed by atoms with van der Waals surface area (Å²) in [6.45, 7) is 0. The maximum absolute atomic E-state index is 11.4. The van der Waals surface area contributed by atoms with E-state index in [2.05, 4.69) is 10.1 Å². The van der Waals surface area contributed by atoms with E-state index in [0.717, 1.165) is 17.2 Å². The van der Waals surface area contributed by atoms with E-state index >= 15 is 0 Å². The standard InChI is InChI=1S/C14H11N3O3S/c18-14-15-13(8-21-14)17-10(12-4-2-6-20-12)7-9(16-17)11-3-1-5-19-11/h1-6,10H,7-8H2/t10-/m1/s1. The predicted octanol–water partition coefficient (Wildman–Crippen LogP) is 3.29. The Balaban J connectivity index is 1.71. The van der Waals surface area contributed by atoms with Crippen LogP contribution in [-0.4, -0.2) is 27.5 Å². The van der Waals surface area contributed by atoms with E-state index in [1.807, 2.05) is 24.3 Å². The molecule has 4 heterocycles. The Morgan fingerprint density at radius 2 is 2.10 bits per heavy atom. The molecule has 0 N–H and O–H groups in total. The van der Waals surface area contributed by atoms with Crippen LogP contribution in [0.1, 0.15) is 24.0 Å². The van der Waals surface area contributed by atoms with Gasteiger partial charge in [0.25, 0.3) is 0 Å². The lowest BCUT2D eigenvalue weighted by Gasteiger charge is -2.20. The van der Waals surface area contributed by atoms with Crippen LogP contribution in [0.5, 0.6) is 0 Å². The minimum atomic E-state index is -0.176. The van der Waals surface area contributed by atoms with Crippen molar-refractivity contribution in [3.05, 3.63) is 48.3 Å². The molecule has 0 bridgehead atoms. The van der Waals surface area contributed by atoms with Crippen molar-refractivity contribution in [3.63, 3.8) is 0 Å². The van der Waals surface area contributed by atoms with Gasteiger partial charge in [-0.3, -0.25) is 4.79 Å². The van der Waals surface area contributed by atoms with Gasteiger partial charge in [0.1, 0.15) is 29.1 Å². The predicted molar refractivity (Wildman–Crippen MR) is 78.4 cm³/mol. The molecule has 0 fully saturated rings. The molecule has 2 aromatic heterocycles. The van der Waals surface area contributed by atoms with Crippen LogP contribution < -0.4 is 0 Å². The first-order chi connectivity index (χ1) is 10.3. The average Bonchev–Trinajstić information content (AvgIpc) is 3.25. The van der Waals surface area contributed by atoms with Gasteiger partial charge in [-0.05, 0) is 24.3 Å². The highest BCUT2D eigenvalue weighted by Gasteiger charge is 2.36. The molecule has 0 unspecified atom stereocenters. The highest BCUT2D eigenvalue weighted by atomic mass is 32.2. The summed E-state index contributed by atoms with van der Waals surface area (Å²) in [5.41, 5.74) is 0.827. The van der Waals surface area contributed by atoms with E-state index in [9.17, 15) is 4.79 Å². The van der Waals surface area contributed by atoms with Crippen LogP contribution in [0.2, 0.25) is 0 Å². The number of amides is 1. The highest BCUT2D eigenvalue weighted by molar-refractivity contribution is 8.14. The largest absolute Gasteiger partial charge is 0.467 e. The van der Waals surface area contributed by atoms with Gasteiger partial charge in [0.05, 0.1) is 18.3 Å². The molecule has 1 atom stereocenters. The number of hydrogen-bond acceptors (Lipinski definition) is 6. The third-order valence-corrected chi connectivity index (χ3v) is 4.14. The molecule has 0 saturated heterocycles. The molecule has 2 aliphatic heterocycles. The Morgan fingerprint density at radius 3 is 2.76 bits per heavy atom. The van der Waals surface area contributed by atoms with Crippen LogP contribution in [0.15, 0.2) is 55.7 Å². The second kappa shape index (κ2) is 4.92. The third-order valence-electron chi connectivity index (χ3n) is 3.40. The number of amidine groups is 1. The number of hydrogen-bond donors (Lipinski definition) is 0. The zero-order chi connectivity index (χ0) is 14.2. The first-order valence-electron chi connectivity index (χ1n) is 6.49. The molecule has 4 rings (SSSR count). The molecular formula is C14H11N3O3S.